The van der Waals surface area contributed by atoms with Gasteiger partial charge in [-0.05, 0) is 13.0 Å². The van der Waals surface area contributed by atoms with Crippen molar-refractivity contribution in [1.82, 2.24) is 0 Å². The van der Waals surface area contributed by atoms with Gasteiger partial charge in [0.15, 0.2) is 11.5 Å². The second-order valence-electron chi connectivity index (χ2n) is 3.27. The SMILES string of the molecule is CCOc1c(OC)cc2c(c1Cl)C(=O)OC2. The van der Waals surface area contributed by atoms with Gasteiger partial charge in [0, 0.05) is 5.56 Å². The summed E-state index contributed by atoms with van der Waals surface area (Å²) in [6, 6.07) is 1.72. The van der Waals surface area contributed by atoms with Crippen molar-refractivity contribution in [3.8, 4) is 11.5 Å². The fourth-order valence-corrected chi connectivity index (χ4v) is 1.99. The van der Waals surface area contributed by atoms with Crippen LogP contribution in [0.5, 0.6) is 11.5 Å². The second kappa shape index (κ2) is 4.22. The van der Waals surface area contributed by atoms with Gasteiger partial charge in [0.2, 0.25) is 0 Å². The van der Waals surface area contributed by atoms with Crippen molar-refractivity contribution >= 4 is 17.6 Å². The summed E-state index contributed by atoms with van der Waals surface area (Å²) in [7, 11) is 1.53. The van der Waals surface area contributed by atoms with Crippen LogP contribution in [0.4, 0.5) is 0 Å². The van der Waals surface area contributed by atoms with E-state index in [9.17, 15) is 4.79 Å². The van der Waals surface area contributed by atoms with Gasteiger partial charge in [-0.1, -0.05) is 11.6 Å². The first-order chi connectivity index (χ1) is 7.69. The van der Waals surface area contributed by atoms with Crippen LogP contribution in [0.2, 0.25) is 5.02 Å². The fraction of sp³-hybridized carbons (Fsp3) is 0.364. The van der Waals surface area contributed by atoms with Crippen LogP contribution in [0.3, 0.4) is 0 Å². The molecule has 0 radical (unpaired) electrons. The average molecular weight is 243 g/mol. The Balaban J connectivity index is 2.60. The van der Waals surface area contributed by atoms with Gasteiger partial charge < -0.3 is 14.2 Å². The second-order valence-corrected chi connectivity index (χ2v) is 3.64. The summed E-state index contributed by atoms with van der Waals surface area (Å²) in [5, 5.41) is 0.263. The summed E-state index contributed by atoms with van der Waals surface area (Å²) in [4.78, 5) is 11.4. The Kier molecular flexibility index (Phi) is 2.92. The number of hydrogen-bond donors (Lipinski definition) is 0. The Morgan fingerprint density at radius 3 is 2.94 bits per heavy atom. The minimum Gasteiger partial charge on any atom is -0.493 e. The van der Waals surface area contributed by atoms with E-state index in [1.54, 1.807) is 6.07 Å². The average Bonchev–Trinajstić information content (AvgIpc) is 2.64. The van der Waals surface area contributed by atoms with Gasteiger partial charge in [0.05, 0.1) is 19.3 Å². The zero-order valence-corrected chi connectivity index (χ0v) is 9.76. The maximum atomic E-state index is 11.4. The summed E-state index contributed by atoms with van der Waals surface area (Å²) >= 11 is 6.11. The lowest BCUT2D eigenvalue weighted by Gasteiger charge is -2.12. The van der Waals surface area contributed by atoms with Crippen LogP contribution >= 0.6 is 11.6 Å². The van der Waals surface area contributed by atoms with Gasteiger partial charge in [-0.25, -0.2) is 4.79 Å². The molecule has 0 spiro atoms. The van der Waals surface area contributed by atoms with E-state index >= 15 is 0 Å². The standard InChI is InChI=1S/C11H11ClO4/c1-3-15-10-7(14-2)4-6-5-16-11(13)8(6)9(10)12/h4H,3,5H2,1-2H3. The molecule has 16 heavy (non-hydrogen) atoms. The lowest BCUT2D eigenvalue weighted by atomic mass is 10.1. The highest BCUT2D eigenvalue weighted by atomic mass is 35.5. The Bertz CT molecular complexity index is 442. The molecule has 0 bridgehead atoms. The van der Waals surface area contributed by atoms with E-state index in [1.165, 1.54) is 7.11 Å². The van der Waals surface area contributed by atoms with Crippen molar-refractivity contribution in [2.75, 3.05) is 13.7 Å². The maximum Gasteiger partial charge on any atom is 0.340 e. The quantitative estimate of drug-likeness (QED) is 0.764. The van der Waals surface area contributed by atoms with Crippen molar-refractivity contribution in [2.45, 2.75) is 13.5 Å². The number of fused-ring (bicyclic) bond motifs is 1. The van der Waals surface area contributed by atoms with Crippen molar-refractivity contribution in [3.05, 3.63) is 22.2 Å². The third-order valence-corrected chi connectivity index (χ3v) is 2.70. The van der Waals surface area contributed by atoms with Crippen LogP contribution in [-0.4, -0.2) is 19.7 Å². The van der Waals surface area contributed by atoms with Crippen LogP contribution < -0.4 is 9.47 Å². The van der Waals surface area contributed by atoms with Gasteiger partial charge in [-0.2, -0.15) is 0 Å². The molecule has 0 saturated carbocycles. The summed E-state index contributed by atoms with van der Waals surface area (Å²) in [6.45, 7) is 2.52. The minimum atomic E-state index is -0.413. The molecule has 0 aliphatic carbocycles. The largest absolute Gasteiger partial charge is 0.493 e. The molecule has 1 aliphatic heterocycles. The van der Waals surface area contributed by atoms with Gasteiger partial charge >= 0.3 is 5.97 Å². The first-order valence-electron chi connectivity index (χ1n) is 4.88. The topological polar surface area (TPSA) is 44.8 Å². The minimum absolute atomic E-state index is 0.233. The highest BCUT2D eigenvalue weighted by molar-refractivity contribution is 6.35. The van der Waals surface area contributed by atoms with Crippen LogP contribution in [0.15, 0.2) is 6.07 Å². The molecule has 1 aromatic carbocycles. The summed E-state index contributed by atoms with van der Waals surface area (Å²) in [5.41, 5.74) is 1.11. The van der Waals surface area contributed by atoms with Crippen molar-refractivity contribution in [3.63, 3.8) is 0 Å². The van der Waals surface area contributed by atoms with Crippen molar-refractivity contribution in [1.29, 1.82) is 0 Å². The zero-order valence-electron chi connectivity index (χ0n) is 9.00. The molecule has 86 valence electrons. The smallest absolute Gasteiger partial charge is 0.340 e. The van der Waals surface area contributed by atoms with Gasteiger partial charge in [0.1, 0.15) is 11.6 Å². The number of carbonyl (C=O) groups is 1. The molecule has 0 amide bonds. The summed E-state index contributed by atoms with van der Waals surface area (Å²) < 4.78 is 15.4. The van der Waals surface area contributed by atoms with Gasteiger partial charge in [-0.3, -0.25) is 0 Å². The molecule has 0 aromatic heterocycles. The van der Waals surface area contributed by atoms with E-state index < -0.39 is 5.97 Å². The molecule has 0 unspecified atom stereocenters. The number of ether oxygens (including phenoxy) is 3. The first kappa shape index (κ1) is 11.1. The van der Waals surface area contributed by atoms with Gasteiger partial charge in [0.25, 0.3) is 0 Å². The number of esters is 1. The third-order valence-electron chi connectivity index (χ3n) is 2.34. The Morgan fingerprint density at radius 2 is 2.31 bits per heavy atom. The predicted molar refractivity (Wildman–Crippen MR) is 58.3 cm³/mol. The molecule has 0 N–H and O–H groups in total. The zero-order chi connectivity index (χ0) is 11.7. The first-order valence-corrected chi connectivity index (χ1v) is 5.26. The summed E-state index contributed by atoms with van der Waals surface area (Å²) in [5.74, 6) is 0.497. The van der Waals surface area contributed by atoms with Crippen molar-refractivity contribution < 1.29 is 19.0 Å². The lowest BCUT2D eigenvalue weighted by Crippen LogP contribution is -2.01. The normalized spacial score (nSPS) is 13.3. The third kappa shape index (κ3) is 1.59. The lowest BCUT2D eigenvalue weighted by molar-refractivity contribution is 0.0535. The highest BCUT2D eigenvalue weighted by Crippen LogP contribution is 2.42. The molecule has 4 nitrogen and oxygen atoms in total. The molecule has 1 heterocycles. The Morgan fingerprint density at radius 1 is 1.56 bits per heavy atom. The van der Waals surface area contributed by atoms with Crippen LogP contribution in [0, 0.1) is 0 Å². The number of halogens is 1. The molecule has 5 heteroatoms. The molecular weight excluding hydrogens is 232 g/mol. The molecule has 0 fully saturated rings. The molecular formula is C11H11ClO4. The van der Waals surface area contributed by atoms with E-state index in [4.69, 9.17) is 25.8 Å². The monoisotopic (exact) mass is 242 g/mol. The molecule has 1 aliphatic rings. The molecule has 0 saturated heterocycles. The molecule has 2 rings (SSSR count). The fourth-order valence-electron chi connectivity index (χ4n) is 1.64. The summed E-state index contributed by atoms with van der Waals surface area (Å²) in [6.07, 6.45) is 0. The van der Waals surface area contributed by atoms with E-state index in [0.29, 0.717) is 23.7 Å². The predicted octanol–water partition coefficient (Wildman–Crippen LogP) is 2.42. The highest BCUT2D eigenvalue weighted by Gasteiger charge is 2.29. The Labute approximate surface area is 98.1 Å². The number of cyclic esters (lactones) is 1. The van der Waals surface area contributed by atoms with Crippen LogP contribution in [0.1, 0.15) is 22.8 Å². The van der Waals surface area contributed by atoms with Gasteiger partial charge in [-0.15, -0.1) is 0 Å². The number of hydrogen-bond acceptors (Lipinski definition) is 4. The number of carbonyl (C=O) groups excluding carboxylic acids is 1. The van der Waals surface area contributed by atoms with Crippen LogP contribution in [-0.2, 0) is 11.3 Å². The van der Waals surface area contributed by atoms with E-state index in [-0.39, 0.29) is 11.6 Å². The van der Waals surface area contributed by atoms with E-state index in [0.717, 1.165) is 5.56 Å². The molecule has 0 atom stereocenters. The van der Waals surface area contributed by atoms with E-state index in [2.05, 4.69) is 0 Å². The Hall–Kier alpha value is -1.42. The van der Waals surface area contributed by atoms with Crippen molar-refractivity contribution in [2.24, 2.45) is 0 Å². The molecule has 1 aromatic rings. The van der Waals surface area contributed by atoms with Crippen LogP contribution in [0.25, 0.3) is 0 Å². The van der Waals surface area contributed by atoms with E-state index in [1.807, 2.05) is 6.92 Å². The number of methoxy groups -OCH3 is 1. The number of benzene rings is 1. The number of rotatable bonds is 3. The maximum absolute atomic E-state index is 11.4.